The van der Waals surface area contributed by atoms with Crippen LogP contribution in [-0.2, 0) is 16.3 Å². The molecule has 2 rings (SSSR count). The summed E-state index contributed by atoms with van der Waals surface area (Å²) in [5, 5.41) is 0. The average molecular weight is 281 g/mol. The molecule has 1 aromatic carbocycles. The summed E-state index contributed by atoms with van der Waals surface area (Å²) >= 11 is 0. The first-order valence-corrected chi connectivity index (χ1v) is 8.87. The van der Waals surface area contributed by atoms with E-state index in [-0.39, 0.29) is 5.92 Å². The number of nitrogens with two attached hydrogens (primary N) is 1. The Hall–Kier alpha value is -0.870. The molecule has 3 nitrogen and oxygen atoms in total. The summed E-state index contributed by atoms with van der Waals surface area (Å²) in [7, 11) is -2.78. The second-order valence-corrected chi connectivity index (χ2v) is 7.77. The van der Waals surface area contributed by atoms with Crippen LogP contribution in [0.2, 0.25) is 0 Å². The molecule has 0 radical (unpaired) electrons. The molecule has 1 saturated heterocycles. The number of sulfone groups is 1. The van der Waals surface area contributed by atoms with Gasteiger partial charge in [0.15, 0.2) is 9.84 Å². The lowest BCUT2D eigenvalue weighted by molar-refractivity contribution is 0.342. The second-order valence-electron chi connectivity index (χ2n) is 5.54. The van der Waals surface area contributed by atoms with E-state index in [0.717, 1.165) is 25.7 Å². The van der Waals surface area contributed by atoms with Gasteiger partial charge in [0, 0.05) is 0 Å². The van der Waals surface area contributed by atoms with E-state index in [2.05, 4.69) is 24.3 Å². The lowest BCUT2D eigenvalue weighted by Crippen LogP contribution is -2.24. The van der Waals surface area contributed by atoms with Crippen LogP contribution in [0.3, 0.4) is 0 Å². The van der Waals surface area contributed by atoms with Gasteiger partial charge in [-0.3, -0.25) is 0 Å². The van der Waals surface area contributed by atoms with Gasteiger partial charge in [-0.25, -0.2) is 8.42 Å². The minimum atomic E-state index is -2.78. The zero-order valence-electron chi connectivity index (χ0n) is 11.3. The lowest BCUT2D eigenvalue weighted by atomic mass is 9.87. The third-order valence-electron chi connectivity index (χ3n) is 4.12. The van der Waals surface area contributed by atoms with E-state index in [0.29, 0.717) is 24.0 Å². The summed E-state index contributed by atoms with van der Waals surface area (Å²) in [5.41, 5.74) is 7.17. The van der Waals surface area contributed by atoms with Gasteiger partial charge in [0.1, 0.15) is 0 Å². The minimum absolute atomic E-state index is 0.283. The van der Waals surface area contributed by atoms with Gasteiger partial charge in [-0.15, -0.1) is 0 Å². The molecule has 19 heavy (non-hydrogen) atoms. The van der Waals surface area contributed by atoms with Gasteiger partial charge < -0.3 is 5.73 Å². The quantitative estimate of drug-likeness (QED) is 0.868. The van der Waals surface area contributed by atoms with Crippen molar-refractivity contribution in [2.45, 2.75) is 25.7 Å². The molecule has 4 heteroatoms. The van der Waals surface area contributed by atoms with Gasteiger partial charge in [0.05, 0.1) is 11.5 Å². The summed E-state index contributed by atoms with van der Waals surface area (Å²) in [4.78, 5) is 0. The van der Waals surface area contributed by atoms with Crippen LogP contribution in [0.25, 0.3) is 0 Å². The molecule has 0 saturated carbocycles. The summed E-state index contributed by atoms with van der Waals surface area (Å²) in [6, 6.07) is 10.4. The number of hydrogen-bond donors (Lipinski definition) is 1. The van der Waals surface area contributed by atoms with Crippen molar-refractivity contribution in [2.24, 2.45) is 17.6 Å². The van der Waals surface area contributed by atoms with Crippen LogP contribution in [0.15, 0.2) is 30.3 Å². The molecule has 2 atom stereocenters. The first kappa shape index (κ1) is 14.5. The van der Waals surface area contributed by atoms with Crippen molar-refractivity contribution in [3.05, 3.63) is 35.9 Å². The Labute approximate surface area is 116 Å². The molecule has 1 aromatic rings. The topological polar surface area (TPSA) is 60.2 Å². The van der Waals surface area contributed by atoms with Crippen molar-refractivity contribution in [1.82, 2.24) is 0 Å². The van der Waals surface area contributed by atoms with Gasteiger partial charge >= 0.3 is 0 Å². The van der Waals surface area contributed by atoms with Gasteiger partial charge in [-0.2, -0.15) is 0 Å². The van der Waals surface area contributed by atoms with E-state index < -0.39 is 9.84 Å². The molecular weight excluding hydrogens is 258 g/mol. The standard InChI is InChI=1S/C15H23NO2S/c16-11-14(15-9-10-19(17,18)12-15)8-4-7-13-5-2-1-3-6-13/h1-3,5-6,14-15H,4,7-12,16H2. The SMILES string of the molecule is NCC(CCCc1ccccc1)C1CCS(=O)(=O)C1. The van der Waals surface area contributed by atoms with Crippen molar-refractivity contribution >= 4 is 9.84 Å². The van der Waals surface area contributed by atoms with Crippen LogP contribution in [0, 0.1) is 11.8 Å². The van der Waals surface area contributed by atoms with Crippen LogP contribution < -0.4 is 5.73 Å². The second kappa shape index (κ2) is 6.53. The summed E-state index contributed by atoms with van der Waals surface area (Å²) < 4.78 is 23.0. The largest absolute Gasteiger partial charge is 0.330 e. The molecule has 0 bridgehead atoms. The molecule has 2 unspecified atom stereocenters. The van der Waals surface area contributed by atoms with Crippen molar-refractivity contribution < 1.29 is 8.42 Å². The maximum atomic E-state index is 11.5. The number of aryl methyl sites for hydroxylation is 1. The fraction of sp³-hybridized carbons (Fsp3) is 0.600. The molecular formula is C15H23NO2S. The predicted octanol–water partition coefficient (Wildman–Crippen LogP) is 2.02. The molecule has 0 aromatic heterocycles. The summed E-state index contributed by atoms with van der Waals surface area (Å²) in [6.07, 6.45) is 3.97. The Morgan fingerprint density at radius 3 is 2.58 bits per heavy atom. The van der Waals surface area contributed by atoms with E-state index in [1.54, 1.807) is 0 Å². The fourth-order valence-corrected chi connectivity index (χ4v) is 4.87. The minimum Gasteiger partial charge on any atom is -0.330 e. The summed E-state index contributed by atoms with van der Waals surface area (Å²) in [6.45, 7) is 0.606. The maximum absolute atomic E-state index is 11.5. The highest BCUT2D eigenvalue weighted by Gasteiger charge is 2.32. The highest BCUT2D eigenvalue weighted by Crippen LogP contribution is 2.28. The Morgan fingerprint density at radius 2 is 2.00 bits per heavy atom. The number of rotatable bonds is 6. The van der Waals surface area contributed by atoms with Crippen molar-refractivity contribution in [2.75, 3.05) is 18.1 Å². The molecule has 1 aliphatic rings. The van der Waals surface area contributed by atoms with Crippen LogP contribution in [0.5, 0.6) is 0 Å². The highest BCUT2D eigenvalue weighted by atomic mass is 32.2. The third kappa shape index (κ3) is 4.32. The van der Waals surface area contributed by atoms with E-state index in [1.807, 2.05) is 6.07 Å². The monoisotopic (exact) mass is 281 g/mol. The van der Waals surface area contributed by atoms with E-state index in [1.165, 1.54) is 5.56 Å². The van der Waals surface area contributed by atoms with Crippen molar-refractivity contribution in [3.63, 3.8) is 0 Å². The Bertz CT molecular complexity index is 484. The molecule has 1 heterocycles. The van der Waals surface area contributed by atoms with E-state index in [4.69, 9.17) is 5.73 Å². The van der Waals surface area contributed by atoms with Crippen molar-refractivity contribution in [3.8, 4) is 0 Å². The third-order valence-corrected chi connectivity index (χ3v) is 5.91. The van der Waals surface area contributed by atoms with Gasteiger partial charge in [0.25, 0.3) is 0 Å². The van der Waals surface area contributed by atoms with Gasteiger partial charge in [-0.05, 0) is 49.6 Å². The molecule has 0 aliphatic carbocycles. The molecule has 1 fully saturated rings. The molecule has 2 N–H and O–H groups in total. The average Bonchev–Trinajstić information content (AvgIpc) is 2.76. The zero-order valence-corrected chi connectivity index (χ0v) is 12.1. The van der Waals surface area contributed by atoms with E-state index in [9.17, 15) is 8.42 Å². The van der Waals surface area contributed by atoms with Gasteiger partial charge in [-0.1, -0.05) is 30.3 Å². The molecule has 1 aliphatic heterocycles. The predicted molar refractivity (Wildman–Crippen MR) is 78.7 cm³/mol. The number of hydrogen-bond acceptors (Lipinski definition) is 3. The fourth-order valence-electron chi connectivity index (χ4n) is 2.95. The lowest BCUT2D eigenvalue weighted by Gasteiger charge is -2.20. The molecule has 106 valence electrons. The molecule has 0 amide bonds. The highest BCUT2D eigenvalue weighted by molar-refractivity contribution is 7.91. The van der Waals surface area contributed by atoms with Crippen LogP contribution in [0.4, 0.5) is 0 Å². The Morgan fingerprint density at radius 1 is 1.26 bits per heavy atom. The Kier molecular flexibility index (Phi) is 4.99. The van der Waals surface area contributed by atoms with Gasteiger partial charge in [0.2, 0.25) is 0 Å². The number of benzene rings is 1. The zero-order chi connectivity index (χ0) is 13.7. The van der Waals surface area contributed by atoms with Crippen molar-refractivity contribution in [1.29, 1.82) is 0 Å². The first-order chi connectivity index (χ1) is 9.11. The van der Waals surface area contributed by atoms with Crippen LogP contribution >= 0.6 is 0 Å². The van der Waals surface area contributed by atoms with E-state index >= 15 is 0 Å². The normalized spacial score (nSPS) is 23.3. The van der Waals surface area contributed by atoms with Crippen LogP contribution in [-0.4, -0.2) is 26.5 Å². The maximum Gasteiger partial charge on any atom is 0.150 e. The van der Waals surface area contributed by atoms with Crippen LogP contribution in [0.1, 0.15) is 24.8 Å². The molecule has 0 spiro atoms. The first-order valence-electron chi connectivity index (χ1n) is 7.05. The smallest absolute Gasteiger partial charge is 0.150 e. The summed E-state index contributed by atoms with van der Waals surface area (Å²) in [5.74, 6) is 1.35. The Balaban J connectivity index is 1.80.